The quantitative estimate of drug-likeness (QED) is 0.515. The van der Waals surface area contributed by atoms with Crippen LogP contribution in [0.25, 0.3) is 32.9 Å². The molecule has 3 aromatic heterocycles. The normalized spacial score (nSPS) is 24.2. The third-order valence-electron chi connectivity index (χ3n) is 6.94. The maximum absolute atomic E-state index is 4.65. The lowest BCUT2D eigenvalue weighted by atomic mass is 9.86. The molecule has 1 saturated heterocycles. The summed E-state index contributed by atoms with van der Waals surface area (Å²) in [6, 6.07) is 9.54. The van der Waals surface area contributed by atoms with Crippen LogP contribution in [0.3, 0.4) is 0 Å². The van der Waals surface area contributed by atoms with Crippen molar-refractivity contribution < 1.29 is 0 Å². The van der Waals surface area contributed by atoms with Crippen LogP contribution in [0.2, 0.25) is 0 Å². The minimum absolute atomic E-state index is 0.447. The number of pyridine rings is 2. The summed E-state index contributed by atoms with van der Waals surface area (Å²) in [5.74, 6) is 1.60. The van der Waals surface area contributed by atoms with Gasteiger partial charge in [0.2, 0.25) is 0 Å². The summed E-state index contributed by atoms with van der Waals surface area (Å²) in [6.45, 7) is 3.28. The molecule has 28 heavy (non-hydrogen) atoms. The number of hydrogen-bond donors (Lipinski definition) is 2. The van der Waals surface area contributed by atoms with Crippen LogP contribution in [0, 0.1) is 18.8 Å². The summed E-state index contributed by atoms with van der Waals surface area (Å²) < 4.78 is 0. The minimum atomic E-state index is 0.447. The predicted octanol–water partition coefficient (Wildman–Crippen LogP) is 5.15. The lowest BCUT2D eigenvalue weighted by Crippen LogP contribution is -2.18. The fourth-order valence-electron chi connectivity index (χ4n) is 5.48. The Morgan fingerprint density at radius 2 is 2.00 bits per heavy atom. The van der Waals surface area contributed by atoms with Gasteiger partial charge >= 0.3 is 0 Å². The summed E-state index contributed by atoms with van der Waals surface area (Å²) in [5.41, 5.74) is 6.01. The number of fused-ring (bicyclic) bond motifs is 3. The highest BCUT2D eigenvalue weighted by Gasteiger charge is 2.40. The molecule has 140 valence electrons. The van der Waals surface area contributed by atoms with E-state index in [0.717, 1.165) is 24.0 Å². The molecule has 1 aliphatic heterocycles. The number of rotatable bonds is 2. The van der Waals surface area contributed by atoms with E-state index in [4.69, 9.17) is 0 Å². The number of benzene rings is 1. The van der Waals surface area contributed by atoms with E-state index in [1.165, 1.54) is 57.7 Å². The molecule has 6 rings (SSSR count). The molecule has 0 amide bonds. The van der Waals surface area contributed by atoms with Gasteiger partial charge in [0.15, 0.2) is 0 Å². The fraction of sp³-hybridized carbons (Fsp3) is 0.333. The molecule has 1 aromatic carbocycles. The standard InChI is InChI=1S/C24H24N4/c1-14-10-27-24-21(14)9-17(13-28-24)16-7-18-11-25-6-5-19(18)22(8-16)23-20-4-2-3-15(20)12-26-23/h5-11,13,15,20,23,26H,2-4,12H2,1H3,(H,27,28). The number of aryl methyl sites for hydroxylation is 1. The minimum Gasteiger partial charge on any atom is -0.346 e. The molecule has 1 saturated carbocycles. The molecule has 2 N–H and O–H groups in total. The SMILES string of the molecule is Cc1c[nH]c2ncc(-c3cc(C4NCC5CCCC54)c4ccncc4c3)cc12. The van der Waals surface area contributed by atoms with E-state index in [9.17, 15) is 0 Å². The van der Waals surface area contributed by atoms with Crippen LogP contribution in [0.4, 0.5) is 0 Å². The molecule has 4 aromatic rings. The van der Waals surface area contributed by atoms with E-state index < -0.39 is 0 Å². The van der Waals surface area contributed by atoms with Crippen LogP contribution in [0.1, 0.15) is 36.4 Å². The number of nitrogens with one attached hydrogen (secondary N) is 2. The Morgan fingerprint density at radius 1 is 1.04 bits per heavy atom. The smallest absolute Gasteiger partial charge is 0.137 e. The fourth-order valence-corrected chi connectivity index (χ4v) is 5.48. The third-order valence-corrected chi connectivity index (χ3v) is 6.94. The van der Waals surface area contributed by atoms with E-state index in [0.29, 0.717) is 6.04 Å². The Labute approximate surface area is 164 Å². The van der Waals surface area contributed by atoms with E-state index in [1.54, 1.807) is 0 Å². The maximum Gasteiger partial charge on any atom is 0.137 e. The Bertz CT molecular complexity index is 1190. The van der Waals surface area contributed by atoms with Crippen LogP contribution in [-0.2, 0) is 0 Å². The van der Waals surface area contributed by atoms with Crippen LogP contribution in [0.15, 0.2) is 49.1 Å². The number of aromatic amines is 1. The largest absolute Gasteiger partial charge is 0.346 e. The van der Waals surface area contributed by atoms with Gasteiger partial charge in [-0.2, -0.15) is 0 Å². The molecule has 1 aliphatic carbocycles. The van der Waals surface area contributed by atoms with Crippen LogP contribution in [-0.4, -0.2) is 21.5 Å². The molecule has 2 aliphatic rings. The first-order valence-corrected chi connectivity index (χ1v) is 10.3. The van der Waals surface area contributed by atoms with Crippen molar-refractivity contribution in [2.45, 2.75) is 32.2 Å². The molecule has 4 heteroatoms. The van der Waals surface area contributed by atoms with E-state index in [2.05, 4.69) is 51.5 Å². The first kappa shape index (κ1) is 16.3. The number of hydrogen-bond acceptors (Lipinski definition) is 3. The highest BCUT2D eigenvalue weighted by molar-refractivity contribution is 5.92. The van der Waals surface area contributed by atoms with E-state index >= 15 is 0 Å². The van der Waals surface area contributed by atoms with Crippen molar-refractivity contribution in [2.24, 2.45) is 11.8 Å². The summed E-state index contributed by atoms with van der Waals surface area (Å²) in [6.07, 6.45) is 12.0. The number of nitrogens with zero attached hydrogens (tertiary/aromatic N) is 2. The summed E-state index contributed by atoms with van der Waals surface area (Å²) in [5, 5.41) is 7.58. The van der Waals surface area contributed by atoms with Crippen molar-refractivity contribution in [2.75, 3.05) is 6.54 Å². The van der Waals surface area contributed by atoms with Gasteiger partial charge in [0, 0.05) is 47.2 Å². The zero-order valence-corrected chi connectivity index (χ0v) is 16.1. The van der Waals surface area contributed by atoms with Gasteiger partial charge in [-0.1, -0.05) is 6.42 Å². The molecule has 0 radical (unpaired) electrons. The zero-order chi connectivity index (χ0) is 18.7. The Balaban J connectivity index is 1.54. The van der Waals surface area contributed by atoms with Crippen LogP contribution < -0.4 is 5.32 Å². The van der Waals surface area contributed by atoms with E-state index in [-0.39, 0.29) is 0 Å². The van der Waals surface area contributed by atoms with Crippen molar-refractivity contribution in [1.82, 2.24) is 20.3 Å². The Morgan fingerprint density at radius 3 is 2.96 bits per heavy atom. The van der Waals surface area contributed by atoms with Gasteiger partial charge in [0.25, 0.3) is 0 Å². The van der Waals surface area contributed by atoms with Crippen LogP contribution >= 0.6 is 0 Å². The first-order valence-electron chi connectivity index (χ1n) is 10.3. The number of H-pyrrole nitrogens is 1. The van der Waals surface area contributed by atoms with Crippen molar-refractivity contribution in [3.8, 4) is 11.1 Å². The highest BCUT2D eigenvalue weighted by atomic mass is 15.0. The zero-order valence-electron chi connectivity index (χ0n) is 16.1. The lowest BCUT2D eigenvalue weighted by Gasteiger charge is -2.22. The highest BCUT2D eigenvalue weighted by Crippen LogP contribution is 2.46. The monoisotopic (exact) mass is 368 g/mol. The van der Waals surface area contributed by atoms with Crippen LogP contribution in [0.5, 0.6) is 0 Å². The first-order chi connectivity index (χ1) is 13.8. The summed E-state index contributed by atoms with van der Waals surface area (Å²) in [4.78, 5) is 12.3. The second kappa shape index (κ2) is 6.14. The molecule has 0 bridgehead atoms. The average molecular weight is 368 g/mol. The van der Waals surface area contributed by atoms with E-state index in [1.807, 2.05) is 24.8 Å². The number of aromatic nitrogens is 3. The lowest BCUT2D eigenvalue weighted by molar-refractivity contribution is 0.423. The van der Waals surface area contributed by atoms with Gasteiger partial charge in [0.1, 0.15) is 5.65 Å². The molecule has 0 spiro atoms. The maximum atomic E-state index is 4.65. The van der Waals surface area contributed by atoms with Crippen molar-refractivity contribution >= 4 is 21.8 Å². The molecular formula is C24H24N4. The van der Waals surface area contributed by atoms with Crippen molar-refractivity contribution in [3.63, 3.8) is 0 Å². The predicted molar refractivity (Wildman–Crippen MR) is 113 cm³/mol. The molecule has 3 atom stereocenters. The van der Waals surface area contributed by atoms with Gasteiger partial charge in [0.05, 0.1) is 0 Å². The Hall–Kier alpha value is -2.72. The second-order valence-corrected chi connectivity index (χ2v) is 8.49. The molecule has 4 heterocycles. The molecular weight excluding hydrogens is 344 g/mol. The molecule has 3 unspecified atom stereocenters. The van der Waals surface area contributed by atoms with Crippen molar-refractivity contribution in [1.29, 1.82) is 0 Å². The van der Waals surface area contributed by atoms with Gasteiger partial charge in [-0.25, -0.2) is 4.98 Å². The summed E-state index contributed by atoms with van der Waals surface area (Å²) in [7, 11) is 0. The van der Waals surface area contributed by atoms with Crippen molar-refractivity contribution in [3.05, 3.63) is 60.2 Å². The topological polar surface area (TPSA) is 53.6 Å². The average Bonchev–Trinajstić information content (AvgIpc) is 3.43. The molecule has 4 nitrogen and oxygen atoms in total. The van der Waals surface area contributed by atoms with Gasteiger partial charge in [-0.15, -0.1) is 0 Å². The third kappa shape index (κ3) is 2.41. The Kier molecular flexibility index (Phi) is 3.57. The summed E-state index contributed by atoms with van der Waals surface area (Å²) >= 11 is 0. The van der Waals surface area contributed by atoms with Gasteiger partial charge < -0.3 is 10.3 Å². The van der Waals surface area contributed by atoms with Gasteiger partial charge in [-0.05, 0) is 84.5 Å². The van der Waals surface area contributed by atoms with Gasteiger partial charge in [-0.3, -0.25) is 4.98 Å². The second-order valence-electron chi connectivity index (χ2n) is 8.49. The molecule has 2 fully saturated rings.